The molecule has 0 aromatic heterocycles. The number of alkyl halides is 7. The van der Waals surface area contributed by atoms with E-state index in [1.54, 1.807) is 0 Å². The highest BCUT2D eigenvalue weighted by molar-refractivity contribution is 9.10. The molecular weight excluding hydrogens is 570 g/mol. The van der Waals surface area contributed by atoms with Crippen molar-refractivity contribution in [3.8, 4) is 11.5 Å². The maximum Gasteiger partial charge on any atom is 0.573 e. The van der Waals surface area contributed by atoms with Crippen molar-refractivity contribution >= 4 is 27.5 Å². The fraction of sp³-hybridized carbons (Fsp3) is 0.462. The summed E-state index contributed by atoms with van der Waals surface area (Å²) < 4.78 is 79.6. The van der Waals surface area contributed by atoms with Gasteiger partial charge in [-0.15, -0.1) is 26.3 Å². The standard InChI is InChI=1S/C13H12BrF3O2.C13H13F3O2/c14-11-3-1-2-10(12(11)18)8-4-6-9(7-5-8)19-13(15,16)17;14-13(15,16)18-10-7-5-9(6-8-10)11-3-1-2-4-12(11)17/h4-7,10-11H,1-3H2;5-8,11H,1-4H2. The summed E-state index contributed by atoms with van der Waals surface area (Å²) in [5, 5.41) is 0. The van der Waals surface area contributed by atoms with Crippen LogP contribution in [0.4, 0.5) is 26.3 Å². The van der Waals surface area contributed by atoms with Crippen molar-refractivity contribution in [2.45, 2.75) is 74.3 Å². The molecule has 11 heteroatoms. The average molecular weight is 595 g/mol. The Morgan fingerprint density at radius 2 is 1.11 bits per heavy atom. The summed E-state index contributed by atoms with van der Waals surface area (Å²) in [6.45, 7) is 0. The molecule has 4 nitrogen and oxygen atoms in total. The van der Waals surface area contributed by atoms with Crippen LogP contribution in [0, 0.1) is 0 Å². The Balaban J connectivity index is 0.000000206. The van der Waals surface area contributed by atoms with Crippen molar-refractivity contribution in [3.63, 3.8) is 0 Å². The lowest BCUT2D eigenvalue weighted by Crippen LogP contribution is -2.27. The Bertz CT molecular complexity index is 1050. The molecule has 2 fully saturated rings. The SMILES string of the molecule is O=C1C(Br)CCCC1c1ccc(OC(F)(F)F)cc1.O=C1CCCCC1c1ccc(OC(F)(F)F)cc1. The molecule has 202 valence electrons. The molecule has 0 heterocycles. The molecule has 4 rings (SSSR count). The maximum absolute atomic E-state index is 12.0. The van der Waals surface area contributed by atoms with Crippen molar-refractivity contribution in [1.29, 1.82) is 0 Å². The molecule has 0 aliphatic heterocycles. The van der Waals surface area contributed by atoms with Crippen LogP contribution in [0.25, 0.3) is 0 Å². The molecule has 0 bridgehead atoms. The molecule has 37 heavy (non-hydrogen) atoms. The first-order valence-electron chi connectivity index (χ1n) is 11.7. The van der Waals surface area contributed by atoms with E-state index in [-0.39, 0.29) is 39.7 Å². The average Bonchev–Trinajstić information content (AvgIpc) is 2.81. The molecule has 2 aliphatic carbocycles. The molecule has 2 saturated carbocycles. The minimum absolute atomic E-state index is 0.0933. The first kappa shape index (κ1) is 29.0. The lowest BCUT2D eigenvalue weighted by Gasteiger charge is -2.24. The summed E-state index contributed by atoms with van der Waals surface area (Å²) in [7, 11) is 0. The predicted molar refractivity (Wildman–Crippen MR) is 127 cm³/mol. The summed E-state index contributed by atoms with van der Waals surface area (Å²) in [5.74, 6) is -0.664. The quantitative estimate of drug-likeness (QED) is 0.266. The molecule has 0 radical (unpaired) electrons. The highest BCUT2D eigenvalue weighted by atomic mass is 79.9. The highest BCUT2D eigenvalue weighted by Crippen LogP contribution is 2.35. The molecule has 3 atom stereocenters. The van der Waals surface area contributed by atoms with Crippen LogP contribution in [0.3, 0.4) is 0 Å². The summed E-state index contributed by atoms with van der Waals surface area (Å²) in [5.41, 5.74) is 1.51. The minimum atomic E-state index is -4.69. The third kappa shape index (κ3) is 9.05. The zero-order chi connectivity index (χ0) is 27.2. The highest BCUT2D eigenvalue weighted by Gasteiger charge is 2.33. The Morgan fingerprint density at radius 3 is 1.57 bits per heavy atom. The van der Waals surface area contributed by atoms with Crippen LogP contribution in [0.5, 0.6) is 11.5 Å². The summed E-state index contributed by atoms with van der Waals surface area (Å²) >= 11 is 3.32. The number of Topliss-reactive ketones (excluding diaryl/α,β-unsaturated/α-hetero) is 2. The van der Waals surface area contributed by atoms with Crippen molar-refractivity contribution in [3.05, 3.63) is 59.7 Å². The van der Waals surface area contributed by atoms with E-state index in [1.165, 1.54) is 48.5 Å². The molecular formula is C26H25BrF6O4. The lowest BCUT2D eigenvalue weighted by molar-refractivity contribution is -0.275. The van der Waals surface area contributed by atoms with E-state index >= 15 is 0 Å². The van der Waals surface area contributed by atoms with Gasteiger partial charge in [0, 0.05) is 18.3 Å². The van der Waals surface area contributed by atoms with Gasteiger partial charge in [-0.3, -0.25) is 9.59 Å². The Morgan fingerprint density at radius 1 is 0.649 bits per heavy atom. The fourth-order valence-electron chi connectivity index (χ4n) is 4.47. The predicted octanol–water partition coefficient (Wildman–Crippen LogP) is 8.00. The first-order chi connectivity index (χ1) is 17.3. The van der Waals surface area contributed by atoms with Crippen LogP contribution in [-0.2, 0) is 9.59 Å². The van der Waals surface area contributed by atoms with E-state index in [0.29, 0.717) is 6.42 Å². The Labute approximate surface area is 218 Å². The van der Waals surface area contributed by atoms with Crippen molar-refractivity contribution in [2.24, 2.45) is 0 Å². The number of ketones is 2. The number of carbonyl (C=O) groups excluding carboxylic acids is 2. The van der Waals surface area contributed by atoms with Gasteiger partial charge in [0.1, 0.15) is 17.3 Å². The van der Waals surface area contributed by atoms with Gasteiger partial charge in [-0.1, -0.05) is 53.0 Å². The number of rotatable bonds is 4. The second kappa shape index (κ2) is 12.3. The van der Waals surface area contributed by atoms with Crippen LogP contribution in [0.15, 0.2) is 48.5 Å². The van der Waals surface area contributed by atoms with Gasteiger partial charge in [0.15, 0.2) is 5.78 Å². The number of ether oxygens (including phenoxy) is 2. The zero-order valence-corrected chi connectivity index (χ0v) is 21.2. The lowest BCUT2D eigenvalue weighted by atomic mass is 9.83. The van der Waals surface area contributed by atoms with E-state index in [1.807, 2.05) is 0 Å². The van der Waals surface area contributed by atoms with Crippen LogP contribution in [0.1, 0.15) is 67.9 Å². The molecule has 0 saturated heterocycles. The van der Waals surface area contributed by atoms with Gasteiger partial charge in [0.2, 0.25) is 0 Å². The van der Waals surface area contributed by atoms with Gasteiger partial charge in [-0.2, -0.15) is 0 Å². The number of hydrogen-bond acceptors (Lipinski definition) is 4. The third-order valence-electron chi connectivity index (χ3n) is 6.19. The van der Waals surface area contributed by atoms with E-state index in [2.05, 4.69) is 25.4 Å². The molecule has 0 spiro atoms. The van der Waals surface area contributed by atoms with Crippen LogP contribution in [-0.4, -0.2) is 29.1 Å². The number of carbonyl (C=O) groups is 2. The van der Waals surface area contributed by atoms with E-state index in [9.17, 15) is 35.9 Å². The van der Waals surface area contributed by atoms with E-state index < -0.39 is 12.7 Å². The zero-order valence-electron chi connectivity index (χ0n) is 19.6. The molecule has 0 N–H and O–H groups in total. The molecule has 3 unspecified atom stereocenters. The second-order valence-corrected chi connectivity index (χ2v) is 9.96. The van der Waals surface area contributed by atoms with Crippen molar-refractivity contribution < 1.29 is 45.4 Å². The number of halogens is 7. The molecule has 2 aromatic rings. The van der Waals surface area contributed by atoms with Gasteiger partial charge in [0.25, 0.3) is 0 Å². The number of hydrogen-bond donors (Lipinski definition) is 0. The Kier molecular flexibility index (Phi) is 9.66. The topological polar surface area (TPSA) is 52.6 Å². The van der Waals surface area contributed by atoms with Crippen molar-refractivity contribution in [1.82, 2.24) is 0 Å². The van der Waals surface area contributed by atoms with Gasteiger partial charge in [0.05, 0.1) is 4.83 Å². The smallest absolute Gasteiger partial charge is 0.406 e. The molecule has 2 aliphatic rings. The normalized spacial score (nSPS) is 22.6. The van der Waals surface area contributed by atoms with Gasteiger partial charge in [-0.05, 0) is 61.1 Å². The molecule has 0 amide bonds. The summed E-state index contributed by atoms with van der Waals surface area (Å²) in [4.78, 5) is 23.5. The largest absolute Gasteiger partial charge is 0.573 e. The monoisotopic (exact) mass is 594 g/mol. The summed E-state index contributed by atoms with van der Waals surface area (Å²) in [6, 6.07) is 11.1. The van der Waals surface area contributed by atoms with E-state index in [0.717, 1.165) is 49.7 Å². The van der Waals surface area contributed by atoms with Gasteiger partial charge >= 0.3 is 12.7 Å². The summed E-state index contributed by atoms with van der Waals surface area (Å²) in [6.07, 6.45) is -3.67. The van der Waals surface area contributed by atoms with Gasteiger partial charge < -0.3 is 9.47 Å². The third-order valence-corrected chi connectivity index (χ3v) is 7.10. The van der Waals surface area contributed by atoms with Crippen molar-refractivity contribution in [2.75, 3.05) is 0 Å². The van der Waals surface area contributed by atoms with Gasteiger partial charge in [-0.25, -0.2) is 0 Å². The Hall–Kier alpha value is -2.56. The first-order valence-corrected chi connectivity index (χ1v) is 12.7. The second-order valence-electron chi connectivity index (χ2n) is 8.85. The van der Waals surface area contributed by atoms with Crippen LogP contribution < -0.4 is 9.47 Å². The number of benzene rings is 2. The van der Waals surface area contributed by atoms with Crippen LogP contribution >= 0.6 is 15.9 Å². The minimum Gasteiger partial charge on any atom is -0.406 e. The van der Waals surface area contributed by atoms with Crippen LogP contribution in [0.2, 0.25) is 0 Å². The van der Waals surface area contributed by atoms with E-state index in [4.69, 9.17) is 0 Å². The maximum atomic E-state index is 12.0. The molecule has 2 aromatic carbocycles. The fourth-order valence-corrected chi connectivity index (χ4v) is 5.12.